The van der Waals surface area contributed by atoms with Crippen LogP contribution in [0.25, 0.3) is 11.3 Å². The molecular formula is C23H27N5. The van der Waals surface area contributed by atoms with E-state index in [9.17, 15) is 0 Å². The summed E-state index contributed by atoms with van der Waals surface area (Å²) in [5.41, 5.74) is 4.32. The zero-order valence-electron chi connectivity index (χ0n) is 16.6. The molecule has 28 heavy (non-hydrogen) atoms. The number of piperazine rings is 1. The summed E-state index contributed by atoms with van der Waals surface area (Å²) in [5.74, 6) is 1.62. The van der Waals surface area contributed by atoms with Crippen LogP contribution in [-0.4, -0.2) is 47.6 Å². The van der Waals surface area contributed by atoms with Crippen molar-refractivity contribution in [3.8, 4) is 11.3 Å². The fraction of sp³-hybridized carbons (Fsp3) is 0.304. The van der Waals surface area contributed by atoms with Gasteiger partial charge >= 0.3 is 0 Å². The first-order valence-electron chi connectivity index (χ1n) is 9.97. The van der Waals surface area contributed by atoms with Gasteiger partial charge in [-0.15, -0.1) is 0 Å². The number of likely N-dealkylation sites (N-methyl/N-ethyl adjacent to an activating group) is 1. The summed E-state index contributed by atoms with van der Waals surface area (Å²) in [4.78, 5) is 14.5. The molecule has 1 aliphatic rings. The molecule has 0 spiro atoms. The van der Waals surface area contributed by atoms with E-state index < -0.39 is 0 Å². The normalized spacial score (nSPS) is 14.9. The Kier molecular flexibility index (Phi) is 5.53. The lowest BCUT2D eigenvalue weighted by Gasteiger charge is -2.34. The lowest BCUT2D eigenvalue weighted by atomic mass is 10.1. The van der Waals surface area contributed by atoms with Gasteiger partial charge in [-0.3, -0.25) is 0 Å². The maximum absolute atomic E-state index is 4.89. The number of benzene rings is 2. The van der Waals surface area contributed by atoms with Crippen molar-refractivity contribution < 1.29 is 0 Å². The van der Waals surface area contributed by atoms with Crippen LogP contribution >= 0.6 is 0 Å². The van der Waals surface area contributed by atoms with Crippen molar-refractivity contribution in [2.45, 2.75) is 13.8 Å². The zero-order chi connectivity index (χ0) is 19.3. The lowest BCUT2D eigenvalue weighted by Crippen LogP contribution is -2.46. The second-order valence-corrected chi connectivity index (χ2v) is 7.22. The third kappa shape index (κ3) is 4.31. The van der Waals surface area contributed by atoms with Crippen molar-refractivity contribution in [1.29, 1.82) is 0 Å². The van der Waals surface area contributed by atoms with E-state index in [1.54, 1.807) is 0 Å². The molecule has 0 unspecified atom stereocenters. The summed E-state index contributed by atoms with van der Waals surface area (Å²) in [6, 6.07) is 20.7. The van der Waals surface area contributed by atoms with Gasteiger partial charge in [0.25, 0.3) is 0 Å². The third-order valence-electron chi connectivity index (χ3n) is 5.21. The molecule has 1 N–H and O–H groups in total. The first-order chi connectivity index (χ1) is 13.7. The molecule has 2 aromatic carbocycles. The van der Waals surface area contributed by atoms with Crippen LogP contribution in [0, 0.1) is 6.92 Å². The Morgan fingerprint density at radius 3 is 2.29 bits per heavy atom. The van der Waals surface area contributed by atoms with Crippen molar-refractivity contribution >= 4 is 17.5 Å². The van der Waals surface area contributed by atoms with E-state index in [1.807, 2.05) is 24.3 Å². The first-order valence-corrected chi connectivity index (χ1v) is 9.97. The van der Waals surface area contributed by atoms with Crippen molar-refractivity contribution in [2.24, 2.45) is 0 Å². The molecule has 1 saturated heterocycles. The zero-order valence-corrected chi connectivity index (χ0v) is 16.6. The van der Waals surface area contributed by atoms with Crippen LogP contribution in [0.5, 0.6) is 0 Å². The van der Waals surface area contributed by atoms with Gasteiger partial charge in [-0.05, 0) is 25.6 Å². The van der Waals surface area contributed by atoms with Gasteiger partial charge in [0.2, 0.25) is 5.95 Å². The third-order valence-corrected chi connectivity index (χ3v) is 5.21. The topological polar surface area (TPSA) is 44.3 Å². The average molecular weight is 374 g/mol. The van der Waals surface area contributed by atoms with Crippen molar-refractivity contribution in [1.82, 2.24) is 14.9 Å². The SMILES string of the molecule is CCN1CCN(c2nc(Nc3ccc(C)cc3)cc(-c3ccccc3)n2)CC1. The van der Waals surface area contributed by atoms with Crippen LogP contribution < -0.4 is 10.2 Å². The standard InChI is InChI=1S/C23H27N5/c1-3-27-13-15-28(16-14-27)23-25-21(19-7-5-4-6-8-19)17-22(26-23)24-20-11-9-18(2)10-12-20/h4-12,17H,3,13-16H2,1-2H3,(H,24,25,26). The highest BCUT2D eigenvalue weighted by Crippen LogP contribution is 2.25. The van der Waals surface area contributed by atoms with Crippen molar-refractivity contribution in [3.05, 3.63) is 66.2 Å². The van der Waals surface area contributed by atoms with E-state index in [4.69, 9.17) is 9.97 Å². The number of nitrogens with zero attached hydrogens (tertiary/aromatic N) is 4. The highest BCUT2D eigenvalue weighted by atomic mass is 15.3. The van der Waals surface area contributed by atoms with Crippen LogP contribution in [0.4, 0.5) is 17.5 Å². The van der Waals surface area contributed by atoms with Gasteiger partial charge in [0, 0.05) is 43.5 Å². The minimum absolute atomic E-state index is 0.798. The van der Waals surface area contributed by atoms with Gasteiger partial charge in [0.05, 0.1) is 5.69 Å². The highest BCUT2D eigenvalue weighted by molar-refractivity contribution is 5.67. The Morgan fingerprint density at radius 2 is 1.61 bits per heavy atom. The van der Waals surface area contributed by atoms with E-state index in [0.29, 0.717) is 0 Å². The summed E-state index contributed by atoms with van der Waals surface area (Å²) in [7, 11) is 0. The maximum Gasteiger partial charge on any atom is 0.227 e. The van der Waals surface area contributed by atoms with E-state index >= 15 is 0 Å². The molecule has 5 nitrogen and oxygen atoms in total. The summed E-state index contributed by atoms with van der Waals surface area (Å²) in [5, 5.41) is 3.45. The number of rotatable bonds is 5. The van der Waals surface area contributed by atoms with E-state index in [0.717, 1.165) is 61.4 Å². The minimum Gasteiger partial charge on any atom is -0.340 e. The summed E-state index contributed by atoms with van der Waals surface area (Å²) in [6.07, 6.45) is 0. The number of aromatic nitrogens is 2. The molecule has 3 aromatic rings. The number of aryl methyl sites for hydroxylation is 1. The predicted octanol–water partition coefficient (Wildman–Crippen LogP) is 4.34. The fourth-order valence-electron chi connectivity index (χ4n) is 3.45. The Labute approximate surface area is 167 Å². The molecule has 0 saturated carbocycles. The number of nitrogens with one attached hydrogen (secondary N) is 1. The quantitative estimate of drug-likeness (QED) is 0.721. The monoisotopic (exact) mass is 373 g/mol. The Morgan fingerprint density at radius 1 is 0.893 bits per heavy atom. The van der Waals surface area contributed by atoms with Gasteiger partial charge in [-0.25, -0.2) is 4.98 Å². The smallest absolute Gasteiger partial charge is 0.227 e. The molecule has 1 aromatic heterocycles. The fourth-order valence-corrected chi connectivity index (χ4v) is 3.45. The largest absolute Gasteiger partial charge is 0.340 e. The van der Waals surface area contributed by atoms with Crippen LogP contribution in [0.2, 0.25) is 0 Å². The first kappa shape index (κ1) is 18.4. The van der Waals surface area contributed by atoms with Crippen LogP contribution in [-0.2, 0) is 0 Å². The molecule has 0 bridgehead atoms. The molecule has 5 heteroatoms. The van der Waals surface area contributed by atoms with Crippen molar-refractivity contribution in [3.63, 3.8) is 0 Å². The Hall–Kier alpha value is -2.92. The average Bonchev–Trinajstić information content (AvgIpc) is 2.76. The number of hydrogen-bond donors (Lipinski definition) is 1. The van der Waals surface area contributed by atoms with Crippen molar-refractivity contribution in [2.75, 3.05) is 42.9 Å². The predicted molar refractivity (Wildman–Crippen MR) is 116 cm³/mol. The van der Waals surface area contributed by atoms with E-state index in [2.05, 4.69) is 65.4 Å². The Balaban J connectivity index is 1.66. The lowest BCUT2D eigenvalue weighted by molar-refractivity contribution is 0.270. The molecule has 1 aliphatic heterocycles. The molecule has 0 amide bonds. The van der Waals surface area contributed by atoms with Crippen LogP contribution in [0.3, 0.4) is 0 Å². The van der Waals surface area contributed by atoms with E-state index in [1.165, 1.54) is 5.56 Å². The molecule has 1 fully saturated rings. The molecule has 0 atom stereocenters. The number of hydrogen-bond acceptors (Lipinski definition) is 5. The second-order valence-electron chi connectivity index (χ2n) is 7.22. The number of anilines is 3. The van der Waals surface area contributed by atoms with Crippen LogP contribution in [0.1, 0.15) is 12.5 Å². The van der Waals surface area contributed by atoms with Gasteiger partial charge < -0.3 is 15.1 Å². The summed E-state index contributed by atoms with van der Waals surface area (Å²) >= 11 is 0. The van der Waals surface area contributed by atoms with Gasteiger partial charge in [0.15, 0.2) is 0 Å². The minimum atomic E-state index is 0.798. The summed E-state index contributed by atoms with van der Waals surface area (Å²) in [6.45, 7) is 9.42. The van der Waals surface area contributed by atoms with Gasteiger partial charge in [-0.2, -0.15) is 4.98 Å². The molecule has 0 radical (unpaired) electrons. The molecular weight excluding hydrogens is 346 g/mol. The molecule has 2 heterocycles. The van der Waals surface area contributed by atoms with Gasteiger partial charge in [0.1, 0.15) is 5.82 Å². The summed E-state index contributed by atoms with van der Waals surface area (Å²) < 4.78 is 0. The molecule has 144 valence electrons. The van der Waals surface area contributed by atoms with Crippen LogP contribution in [0.15, 0.2) is 60.7 Å². The highest BCUT2D eigenvalue weighted by Gasteiger charge is 2.19. The Bertz CT molecular complexity index is 900. The maximum atomic E-state index is 4.89. The van der Waals surface area contributed by atoms with Gasteiger partial charge in [-0.1, -0.05) is 55.0 Å². The molecule has 4 rings (SSSR count). The molecule has 0 aliphatic carbocycles. The van der Waals surface area contributed by atoms with E-state index in [-0.39, 0.29) is 0 Å². The second kappa shape index (κ2) is 8.40.